The average Bonchev–Trinajstić information content (AvgIpc) is 2.70. The summed E-state index contributed by atoms with van der Waals surface area (Å²) in [7, 11) is 3.92. The third kappa shape index (κ3) is 5.12. The molecule has 0 aliphatic heterocycles. The van der Waals surface area contributed by atoms with Gasteiger partial charge in [-0.3, -0.25) is 4.79 Å². The van der Waals surface area contributed by atoms with Crippen LogP contribution in [0.15, 0.2) is 36.5 Å². The number of carbonyl (C=O) groups excluding carboxylic acids is 1. The molecule has 1 aromatic carbocycles. The van der Waals surface area contributed by atoms with E-state index in [9.17, 15) is 4.79 Å². The van der Waals surface area contributed by atoms with Gasteiger partial charge in [-0.2, -0.15) is 4.98 Å². The average molecular weight is 383 g/mol. The lowest BCUT2D eigenvalue weighted by Gasteiger charge is -2.30. The van der Waals surface area contributed by atoms with E-state index in [2.05, 4.69) is 20.6 Å². The lowest BCUT2D eigenvalue weighted by atomic mass is 9.91. The summed E-state index contributed by atoms with van der Waals surface area (Å²) in [5, 5.41) is 6.58. The van der Waals surface area contributed by atoms with Crippen molar-refractivity contribution in [1.82, 2.24) is 15.3 Å². The number of rotatable bonds is 7. The zero-order chi connectivity index (χ0) is 19.9. The molecule has 2 aromatic rings. The molecule has 7 heteroatoms. The number of carbonyl (C=O) groups is 1. The second-order valence-corrected chi connectivity index (χ2v) is 7.23. The summed E-state index contributed by atoms with van der Waals surface area (Å²) >= 11 is 0. The van der Waals surface area contributed by atoms with Crippen LogP contribution in [0.5, 0.6) is 5.75 Å². The molecular weight excluding hydrogens is 354 g/mol. The highest BCUT2D eigenvalue weighted by molar-refractivity contribution is 5.97. The van der Waals surface area contributed by atoms with E-state index < -0.39 is 0 Å². The normalized spacial score (nSPS) is 19.0. The third-order valence-corrected chi connectivity index (χ3v) is 4.93. The van der Waals surface area contributed by atoms with Crippen molar-refractivity contribution < 1.29 is 9.53 Å². The Kier molecular flexibility index (Phi) is 6.68. The number of hydrogen-bond donors (Lipinski definition) is 2. The van der Waals surface area contributed by atoms with Gasteiger partial charge in [0.05, 0.1) is 12.2 Å². The minimum Gasteiger partial charge on any atom is -0.493 e. The first kappa shape index (κ1) is 19.9. The summed E-state index contributed by atoms with van der Waals surface area (Å²) in [6.07, 6.45) is 5.55. The molecule has 2 N–H and O–H groups in total. The van der Waals surface area contributed by atoms with Crippen LogP contribution in [0.3, 0.4) is 0 Å². The summed E-state index contributed by atoms with van der Waals surface area (Å²) in [4.78, 5) is 23.4. The van der Waals surface area contributed by atoms with Gasteiger partial charge in [0.15, 0.2) is 0 Å². The van der Waals surface area contributed by atoms with Crippen LogP contribution < -0.4 is 20.3 Å². The van der Waals surface area contributed by atoms with Crippen LogP contribution in [-0.2, 0) is 0 Å². The molecule has 1 fully saturated rings. The fourth-order valence-corrected chi connectivity index (χ4v) is 3.43. The molecule has 1 heterocycles. The molecule has 150 valence electrons. The minimum absolute atomic E-state index is 0.0672. The Hall–Kier alpha value is -2.83. The molecule has 1 aliphatic carbocycles. The molecule has 0 saturated heterocycles. The molecule has 0 spiro atoms. The minimum atomic E-state index is -0.0672. The van der Waals surface area contributed by atoms with Crippen molar-refractivity contribution in [3.63, 3.8) is 0 Å². The summed E-state index contributed by atoms with van der Waals surface area (Å²) < 4.78 is 5.57. The predicted molar refractivity (Wildman–Crippen MR) is 111 cm³/mol. The maximum Gasteiger partial charge on any atom is 0.255 e. The Balaban J connectivity index is 1.52. The van der Waals surface area contributed by atoms with Crippen molar-refractivity contribution in [2.45, 2.75) is 44.7 Å². The van der Waals surface area contributed by atoms with Gasteiger partial charge in [-0.05, 0) is 50.8 Å². The first-order chi connectivity index (χ1) is 13.6. The third-order valence-electron chi connectivity index (χ3n) is 4.93. The second-order valence-electron chi connectivity index (χ2n) is 7.23. The number of nitrogens with one attached hydrogen (secondary N) is 2. The van der Waals surface area contributed by atoms with E-state index in [-0.39, 0.29) is 11.9 Å². The Morgan fingerprint density at radius 2 is 1.86 bits per heavy atom. The van der Waals surface area contributed by atoms with Crippen molar-refractivity contribution in [3.8, 4) is 5.75 Å². The van der Waals surface area contributed by atoms with Crippen LogP contribution in [-0.4, -0.2) is 48.7 Å². The molecule has 1 amide bonds. The molecule has 3 rings (SSSR count). The fourth-order valence-electron chi connectivity index (χ4n) is 3.43. The molecule has 28 heavy (non-hydrogen) atoms. The predicted octanol–water partition coefficient (Wildman–Crippen LogP) is 3.09. The van der Waals surface area contributed by atoms with Gasteiger partial charge in [-0.15, -0.1) is 0 Å². The maximum atomic E-state index is 12.7. The SMILES string of the molecule is CCOc1ccccc1C(=O)N[C@H]1CC[C@@H](Nc2nccc(N(C)C)n2)CC1. The largest absolute Gasteiger partial charge is 0.493 e. The van der Waals surface area contributed by atoms with E-state index in [1.54, 1.807) is 6.20 Å². The van der Waals surface area contributed by atoms with Crippen LogP contribution >= 0.6 is 0 Å². The quantitative estimate of drug-likeness (QED) is 0.765. The zero-order valence-electron chi connectivity index (χ0n) is 16.8. The second kappa shape index (κ2) is 9.39. The number of ether oxygens (including phenoxy) is 1. The lowest BCUT2D eigenvalue weighted by molar-refractivity contribution is 0.0922. The lowest BCUT2D eigenvalue weighted by Crippen LogP contribution is -2.40. The van der Waals surface area contributed by atoms with Crippen molar-refractivity contribution in [2.24, 2.45) is 0 Å². The standard InChI is InChI=1S/C21H29N5O2/c1-4-28-18-8-6-5-7-17(18)20(27)23-15-9-11-16(12-10-15)24-21-22-14-13-19(25-21)26(2)3/h5-8,13-16H,4,9-12H2,1-3H3,(H,23,27)(H,22,24,25)/t15-,16+. The van der Waals surface area contributed by atoms with E-state index in [1.807, 2.05) is 56.3 Å². The smallest absolute Gasteiger partial charge is 0.255 e. The molecule has 7 nitrogen and oxygen atoms in total. The topological polar surface area (TPSA) is 79.4 Å². The zero-order valence-corrected chi connectivity index (χ0v) is 16.8. The van der Waals surface area contributed by atoms with E-state index in [4.69, 9.17) is 4.74 Å². The van der Waals surface area contributed by atoms with Crippen molar-refractivity contribution in [3.05, 3.63) is 42.1 Å². The number of nitrogens with zero attached hydrogens (tertiary/aromatic N) is 3. The van der Waals surface area contributed by atoms with Gasteiger partial charge in [0.2, 0.25) is 5.95 Å². The van der Waals surface area contributed by atoms with Gasteiger partial charge in [0, 0.05) is 32.4 Å². The molecular formula is C21H29N5O2. The number of para-hydroxylation sites is 1. The Labute approximate surface area is 166 Å². The molecule has 0 bridgehead atoms. The van der Waals surface area contributed by atoms with Gasteiger partial charge < -0.3 is 20.3 Å². The van der Waals surface area contributed by atoms with Crippen molar-refractivity contribution in [2.75, 3.05) is 30.9 Å². The molecule has 0 atom stereocenters. The molecule has 1 aliphatic rings. The molecule has 0 radical (unpaired) electrons. The first-order valence-electron chi connectivity index (χ1n) is 9.86. The van der Waals surface area contributed by atoms with Crippen LogP contribution in [0.1, 0.15) is 43.0 Å². The first-order valence-corrected chi connectivity index (χ1v) is 9.86. The van der Waals surface area contributed by atoms with Crippen molar-refractivity contribution in [1.29, 1.82) is 0 Å². The number of hydrogen-bond acceptors (Lipinski definition) is 6. The highest BCUT2D eigenvalue weighted by Crippen LogP contribution is 2.23. The summed E-state index contributed by atoms with van der Waals surface area (Å²) in [5.74, 6) is 2.11. The number of aromatic nitrogens is 2. The summed E-state index contributed by atoms with van der Waals surface area (Å²) in [6.45, 7) is 2.46. The van der Waals surface area contributed by atoms with Crippen LogP contribution in [0.25, 0.3) is 0 Å². The van der Waals surface area contributed by atoms with Gasteiger partial charge in [0.25, 0.3) is 5.91 Å². The van der Waals surface area contributed by atoms with Gasteiger partial charge >= 0.3 is 0 Å². The summed E-state index contributed by atoms with van der Waals surface area (Å²) in [5.41, 5.74) is 0.596. The fraction of sp³-hybridized carbons (Fsp3) is 0.476. The Morgan fingerprint density at radius 1 is 1.14 bits per heavy atom. The molecule has 1 aromatic heterocycles. The van der Waals surface area contributed by atoms with Crippen LogP contribution in [0, 0.1) is 0 Å². The number of anilines is 2. The van der Waals surface area contributed by atoms with E-state index in [1.165, 1.54) is 0 Å². The number of amides is 1. The maximum absolute atomic E-state index is 12.7. The van der Waals surface area contributed by atoms with Crippen molar-refractivity contribution >= 4 is 17.7 Å². The van der Waals surface area contributed by atoms with Crippen LogP contribution in [0.4, 0.5) is 11.8 Å². The monoisotopic (exact) mass is 383 g/mol. The van der Waals surface area contributed by atoms with E-state index in [0.717, 1.165) is 31.5 Å². The van der Waals surface area contributed by atoms with Crippen LogP contribution in [0.2, 0.25) is 0 Å². The van der Waals surface area contributed by atoms with E-state index >= 15 is 0 Å². The highest BCUT2D eigenvalue weighted by atomic mass is 16.5. The highest BCUT2D eigenvalue weighted by Gasteiger charge is 2.24. The number of benzene rings is 1. The molecule has 1 saturated carbocycles. The van der Waals surface area contributed by atoms with Gasteiger partial charge in [-0.1, -0.05) is 12.1 Å². The Bertz CT molecular complexity index is 788. The summed E-state index contributed by atoms with van der Waals surface area (Å²) in [6, 6.07) is 9.77. The van der Waals surface area contributed by atoms with Gasteiger partial charge in [-0.25, -0.2) is 4.98 Å². The van der Waals surface area contributed by atoms with E-state index in [0.29, 0.717) is 29.9 Å². The molecule has 0 unspecified atom stereocenters. The Morgan fingerprint density at radius 3 is 2.57 bits per heavy atom. The van der Waals surface area contributed by atoms with Gasteiger partial charge in [0.1, 0.15) is 11.6 Å².